The zero-order valence-corrected chi connectivity index (χ0v) is 12.3. The van der Waals surface area contributed by atoms with Gasteiger partial charge in [-0.3, -0.25) is 0 Å². The Kier molecular flexibility index (Phi) is 4.53. The Balaban J connectivity index is 1.78. The van der Waals surface area contributed by atoms with Gasteiger partial charge in [-0.15, -0.1) is 0 Å². The summed E-state index contributed by atoms with van der Waals surface area (Å²) >= 11 is 0. The fourth-order valence-corrected chi connectivity index (χ4v) is 2.75. The average Bonchev–Trinajstić information content (AvgIpc) is 2.53. The molecule has 0 bridgehead atoms. The third kappa shape index (κ3) is 3.09. The largest absolute Gasteiger partial charge is 0.457 e. The SMILES string of the molecule is COCCCCNC1c2ccccc2Oc2ccccc21. The van der Waals surface area contributed by atoms with Crippen LogP contribution in [0.15, 0.2) is 48.5 Å². The van der Waals surface area contributed by atoms with Gasteiger partial charge in [0.25, 0.3) is 0 Å². The monoisotopic (exact) mass is 283 g/mol. The van der Waals surface area contributed by atoms with Crippen molar-refractivity contribution >= 4 is 0 Å². The summed E-state index contributed by atoms with van der Waals surface area (Å²) in [6.07, 6.45) is 2.19. The highest BCUT2D eigenvalue weighted by atomic mass is 16.5. The van der Waals surface area contributed by atoms with Crippen molar-refractivity contribution in [3.8, 4) is 11.5 Å². The molecule has 0 radical (unpaired) electrons. The third-order valence-electron chi connectivity index (χ3n) is 3.80. The van der Waals surface area contributed by atoms with E-state index in [4.69, 9.17) is 9.47 Å². The van der Waals surface area contributed by atoms with Gasteiger partial charge in [-0.05, 0) is 31.5 Å². The van der Waals surface area contributed by atoms with Gasteiger partial charge in [-0.2, -0.15) is 0 Å². The van der Waals surface area contributed by atoms with E-state index in [1.165, 1.54) is 11.1 Å². The summed E-state index contributed by atoms with van der Waals surface area (Å²) in [7, 11) is 1.75. The number of hydrogen-bond acceptors (Lipinski definition) is 3. The number of para-hydroxylation sites is 2. The van der Waals surface area contributed by atoms with Gasteiger partial charge in [0.05, 0.1) is 6.04 Å². The zero-order valence-electron chi connectivity index (χ0n) is 12.3. The molecule has 0 spiro atoms. The lowest BCUT2D eigenvalue weighted by Gasteiger charge is -2.29. The normalized spacial score (nSPS) is 13.4. The van der Waals surface area contributed by atoms with Gasteiger partial charge in [-0.25, -0.2) is 0 Å². The minimum Gasteiger partial charge on any atom is -0.457 e. The van der Waals surface area contributed by atoms with Gasteiger partial charge in [0, 0.05) is 24.8 Å². The number of methoxy groups -OCH3 is 1. The molecule has 21 heavy (non-hydrogen) atoms. The Labute approximate surface area is 125 Å². The maximum absolute atomic E-state index is 5.99. The summed E-state index contributed by atoms with van der Waals surface area (Å²) in [4.78, 5) is 0. The molecular weight excluding hydrogens is 262 g/mol. The molecule has 2 aromatic rings. The van der Waals surface area contributed by atoms with Gasteiger partial charge < -0.3 is 14.8 Å². The quantitative estimate of drug-likeness (QED) is 0.816. The van der Waals surface area contributed by atoms with Crippen LogP contribution in [0.3, 0.4) is 0 Å². The molecule has 3 nitrogen and oxygen atoms in total. The fourth-order valence-electron chi connectivity index (χ4n) is 2.75. The summed E-state index contributed by atoms with van der Waals surface area (Å²) in [5, 5.41) is 3.66. The highest BCUT2D eigenvalue weighted by Gasteiger charge is 2.25. The van der Waals surface area contributed by atoms with Crippen molar-refractivity contribution in [1.29, 1.82) is 0 Å². The van der Waals surface area contributed by atoms with Crippen LogP contribution in [0.25, 0.3) is 0 Å². The van der Waals surface area contributed by atoms with Crippen LogP contribution in [-0.2, 0) is 4.74 Å². The van der Waals surface area contributed by atoms with Crippen molar-refractivity contribution in [1.82, 2.24) is 5.32 Å². The molecule has 0 atom stereocenters. The second-order valence-corrected chi connectivity index (χ2v) is 5.26. The lowest BCUT2D eigenvalue weighted by Crippen LogP contribution is -2.26. The zero-order chi connectivity index (χ0) is 14.5. The number of hydrogen-bond donors (Lipinski definition) is 1. The Morgan fingerprint density at radius 3 is 2.19 bits per heavy atom. The molecule has 1 aliphatic heterocycles. The van der Waals surface area contributed by atoms with Crippen LogP contribution in [0.2, 0.25) is 0 Å². The third-order valence-corrected chi connectivity index (χ3v) is 3.80. The molecule has 1 N–H and O–H groups in total. The van der Waals surface area contributed by atoms with E-state index >= 15 is 0 Å². The molecule has 0 saturated heterocycles. The average molecular weight is 283 g/mol. The summed E-state index contributed by atoms with van der Waals surface area (Å²) in [6.45, 7) is 1.79. The van der Waals surface area contributed by atoms with Crippen LogP contribution in [0.4, 0.5) is 0 Å². The maximum Gasteiger partial charge on any atom is 0.132 e. The predicted molar refractivity (Wildman–Crippen MR) is 83.9 cm³/mol. The Hall–Kier alpha value is -1.84. The van der Waals surface area contributed by atoms with Crippen molar-refractivity contribution < 1.29 is 9.47 Å². The van der Waals surface area contributed by atoms with E-state index in [9.17, 15) is 0 Å². The van der Waals surface area contributed by atoms with E-state index in [0.717, 1.165) is 37.5 Å². The molecule has 3 rings (SSSR count). The van der Waals surface area contributed by atoms with E-state index in [1.807, 2.05) is 24.3 Å². The second kappa shape index (κ2) is 6.74. The summed E-state index contributed by atoms with van der Waals surface area (Å²) in [5.74, 6) is 1.90. The first-order valence-electron chi connectivity index (χ1n) is 7.48. The molecule has 0 fully saturated rings. The minimum atomic E-state index is 0.202. The van der Waals surface area contributed by atoms with E-state index in [2.05, 4.69) is 29.6 Å². The number of unbranched alkanes of at least 4 members (excludes halogenated alkanes) is 1. The minimum absolute atomic E-state index is 0.202. The second-order valence-electron chi connectivity index (χ2n) is 5.26. The molecule has 110 valence electrons. The summed E-state index contributed by atoms with van der Waals surface area (Å²) < 4.78 is 11.1. The topological polar surface area (TPSA) is 30.5 Å². The molecule has 2 aromatic carbocycles. The molecule has 1 heterocycles. The number of ether oxygens (including phenoxy) is 2. The first kappa shape index (κ1) is 14.1. The first-order valence-corrected chi connectivity index (χ1v) is 7.48. The molecule has 0 aromatic heterocycles. The van der Waals surface area contributed by atoms with Gasteiger partial charge in [-0.1, -0.05) is 36.4 Å². The number of nitrogens with one attached hydrogen (secondary N) is 1. The van der Waals surface area contributed by atoms with E-state index in [-0.39, 0.29) is 6.04 Å². The molecule has 3 heteroatoms. The first-order chi connectivity index (χ1) is 10.4. The Morgan fingerprint density at radius 1 is 0.952 bits per heavy atom. The van der Waals surface area contributed by atoms with Crippen LogP contribution >= 0.6 is 0 Å². The fraction of sp³-hybridized carbons (Fsp3) is 0.333. The van der Waals surface area contributed by atoms with Crippen molar-refractivity contribution in [3.63, 3.8) is 0 Å². The van der Waals surface area contributed by atoms with Gasteiger partial charge in [0.2, 0.25) is 0 Å². The number of benzene rings is 2. The highest BCUT2D eigenvalue weighted by Crippen LogP contribution is 2.42. The highest BCUT2D eigenvalue weighted by molar-refractivity contribution is 5.52. The summed E-state index contributed by atoms with van der Waals surface area (Å²) in [6, 6.07) is 16.7. The predicted octanol–water partition coefficient (Wildman–Crippen LogP) is 3.90. The van der Waals surface area contributed by atoms with Gasteiger partial charge in [0.1, 0.15) is 11.5 Å². The molecule has 0 saturated carbocycles. The van der Waals surface area contributed by atoms with Crippen molar-refractivity contribution in [3.05, 3.63) is 59.7 Å². The van der Waals surface area contributed by atoms with Crippen LogP contribution in [-0.4, -0.2) is 20.3 Å². The standard InChI is InChI=1S/C18H21NO2/c1-20-13-7-6-12-19-18-14-8-2-4-10-16(14)21-17-11-5-3-9-15(17)18/h2-5,8-11,18-19H,6-7,12-13H2,1H3. The number of fused-ring (bicyclic) bond motifs is 2. The summed E-state index contributed by atoms with van der Waals surface area (Å²) in [5.41, 5.74) is 2.42. The van der Waals surface area contributed by atoms with Gasteiger partial charge in [0.15, 0.2) is 0 Å². The van der Waals surface area contributed by atoms with Crippen molar-refractivity contribution in [2.24, 2.45) is 0 Å². The lowest BCUT2D eigenvalue weighted by molar-refractivity contribution is 0.192. The molecule has 0 unspecified atom stereocenters. The lowest BCUT2D eigenvalue weighted by atomic mass is 9.94. The molecule has 0 amide bonds. The van der Waals surface area contributed by atoms with E-state index < -0.39 is 0 Å². The van der Waals surface area contributed by atoms with E-state index in [0.29, 0.717) is 0 Å². The maximum atomic E-state index is 5.99. The molecule has 1 aliphatic rings. The Morgan fingerprint density at radius 2 is 1.57 bits per heavy atom. The van der Waals surface area contributed by atoms with Crippen LogP contribution in [0.1, 0.15) is 30.0 Å². The van der Waals surface area contributed by atoms with E-state index in [1.54, 1.807) is 7.11 Å². The van der Waals surface area contributed by atoms with Crippen LogP contribution < -0.4 is 10.1 Å². The van der Waals surface area contributed by atoms with Crippen molar-refractivity contribution in [2.75, 3.05) is 20.3 Å². The van der Waals surface area contributed by atoms with Crippen molar-refractivity contribution in [2.45, 2.75) is 18.9 Å². The van der Waals surface area contributed by atoms with Crippen LogP contribution in [0, 0.1) is 0 Å². The molecule has 0 aliphatic carbocycles. The smallest absolute Gasteiger partial charge is 0.132 e. The van der Waals surface area contributed by atoms with Gasteiger partial charge >= 0.3 is 0 Å². The number of rotatable bonds is 6. The van der Waals surface area contributed by atoms with Crippen LogP contribution in [0.5, 0.6) is 11.5 Å². The Bertz CT molecular complexity index is 552. The molecular formula is C18H21NO2.